The van der Waals surface area contributed by atoms with Crippen molar-refractivity contribution in [1.82, 2.24) is 9.47 Å². The van der Waals surface area contributed by atoms with Gasteiger partial charge in [-0.2, -0.15) is 13.2 Å². The maximum atomic E-state index is 13.3. The molecule has 0 fully saturated rings. The highest BCUT2D eigenvalue weighted by molar-refractivity contribution is 5.36. The predicted octanol–water partition coefficient (Wildman–Crippen LogP) is 5.21. The number of nitrogens with zero attached hydrogens (tertiary/aromatic N) is 2. The first kappa shape index (κ1) is 18.6. The van der Waals surface area contributed by atoms with Crippen molar-refractivity contribution in [1.29, 1.82) is 0 Å². The Morgan fingerprint density at radius 2 is 1.79 bits per heavy atom. The predicted molar refractivity (Wildman–Crippen MR) is 101 cm³/mol. The van der Waals surface area contributed by atoms with Gasteiger partial charge in [-0.15, -0.1) is 0 Å². The van der Waals surface area contributed by atoms with Crippen LogP contribution in [0.4, 0.5) is 13.2 Å². The minimum absolute atomic E-state index is 0.199. The second-order valence-corrected chi connectivity index (χ2v) is 7.10. The Hall–Kier alpha value is -2.73. The van der Waals surface area contributed by atoms with E-state index in [-0.39, 0.29) is 11.8 Å². The highest BCUT2D eigenvalue weighted by Gasteiger charge is 2.33. The van der Waals surface area contributed by atoms with E-state index in [0.29, 0.717) is 12.1 Å². The fourth-order valence-electron chi connectivity index (χ4n) is 3.94. The van der Waals surface area contributed by atoms with Crippen LogP contribution in [0.25, 0.3) is 0 Å². The first-order valence-corrected chi connectivity index (χ1v) is 9.26. The van der Waals surface area contributed by atoms with Gasteiger partial charge in [0.1, 0.15) is 5.75 Å². The third-order valence-corrected chi connectivity index (χ3v) is 5.25. The molecule has 1 unspecified atom stereocenters. The third kappa shape index (κ3) is 3.64. The summed E-state index contributed by atoms with van der Waals surface area (Å²) in [4.78, 5) is 2.14. The third-order valence-electron chi connectivity index (χ3n) is 5.25. The van der Waals surface area contributed by atoms with Crippen LogP contribution in [0.5, 0.6) is 5.75 Å². The summed E-state index contributed by atoms with van der Waals surface area (Å²) in [5, 5.41) is 10.2. The smallest absolute Gasteiger partial charge is 0.416 e. The summed E-state index contributed by atoms with van der Waals surface area (Å²) in [5.41, 5.74) is 1.69. The van der Waals surface area contributed by atoms with E-state index in [4.69, 9.17) is 0 Å². The van der Waals surface area contributed by atoms with Crippen molar-refractivity contribution in [3.05, 3.63) is 89.2 Å². The average Bonchev–Trinajstić information content (AvgIpc) is 3.04. The van der Waals surface area contributed by atoms with Gasteiger partial charge in [0.2, 0.25) is 0 Å². The zero-order chi connectivity index (χ0) is 19.7. The van der Waals surface area contributed by atoms with Gasteiger partial charge in [-0.25, -0.2) is 0 Å². The van der Waals surface area contributed by atoms with E-state index >= 15 is 0 Å². The van der Waals surface area contributed by atoms with E-state index in [9.17, 15) is 18.3 Å². The molecule has 2 heterocycles. The molecule has 3 nitrogen and oxygen atoms in total. The number of hydrogen-bond donors (Lipinski definition) is 1. The number of phenolic OH excluding ortho intramolecular Hbond substituents is 1. The summed E-state index contributed by atoms with van der Waals surface area (Å²) in [7, 11) is 0. The quantitative estimate of drug-likeness (QED) is 0.670. The van der Waals surface area contributed by atoms with Crippen LogP contribution in [-0.2, 0) is 19.3 Å². The molecule has 0 amide bonds. The van der Waals surface area contributed by atoms with Crippen LogP contribution in [0.1, 0.15) is 34.8 Å². The molecule has 2 aromatic carbocycles. The Labute approximate surface area is 161 Å². The summed E-state index contributed by atoms with van der Waals surface area (Å²) in [6.07, 6.45) is -1.53. The number of aryl methyl sites for hydroxylation is 1. The van der Waals surface area contributed by atoms with Gasteiger partial charge >= 0.3 is 6.18 Å². The molecule has 3 aromatic rings. The minimum Gasteiger partial charge on any atom is -0.508 e. The summed E-state index contributed by atoms with van der Waals surface area (Å²) < 4.78 is 42.0. The molecule has 0 bridgehead atoms. The van der Waals surface area contributed by atoms with E-state index < -0.39 is 11.7 Å². The van der Waals surface area contributed by atoms with E-state index in [1.165, 1.54) is 12.1 Å². The number of halogens is 3. The van der Waals surface area contributed by atoms with Crippen molar-refractivity contribution >= 4 is 0 Å². The maximum Gasteiger partial charge on any atom is 0.416 e. The second kappa shape index (κ2) is 7.36. The molecule has 1 N–H and O–H groups in total. The molecular weight excluding hydrogens is 365 g/mol. The average molecular weight is 386 g/mol. The Balaban J connectivity index is 1.78. The fraction of sp³-hybridized carbons (Fsp3) is 0.273. The van der Waals surface area contributed by atoms with E-state index in [0.717, 1.165) is 36.8 Å². The van der Waals surface area contributed by atoms with E-state index in [2.05, 4.69) is 9.47 Å². The van der Waals surface area contributed by atoms with Crippen LogP contribution in [0.2, 0.25) is 0 Å². The first-order chi connectivity index (χ1) is 13.4. The minimum atomic E-state index is -4.38. The molecule has 0 saturated heterocycles. The van der Waals surface area contributed by atoms with Gasteiger partial charge < -0.3 is 9.67 Å². The molecule has 1 atom stereocenters. The molecule has 6 heteroatoms. The van der Waals surface area contributed by atoms with Gasteiger partial charge in [-0.3, -0.25) is 4.90 Å². The lowest BCUT2D eigenvalue weighted by molar-refractivity contribution is -0.137. The van der Waals surface area contributed by atoms with Crippen molar-refractivity contribution in [3.63, 3.8) is 0 Å². The van der Waals surface area contributed by atoms with Crippen LogP contribution in [-0.4, -0.2) is 21.1 Å². The number of hydrogen-bond acceptors (Lipinski definition) is 2. The molecule has 4 rings (SSSR count). The molecule has 0 radical (unpaired) electrons. The van der Waals surface area contributed by atoms with Crippen molar-refractivity contribution in [3.8, 4) is 5.75 Å². The maximum absolute atomic E-state index is 13.3. The van der Waals surface area contributed by atoms with E-state index in [1.807, 2.05) is 30.5 Å². The van der Waals surface area contributed by atoms with Crippen LogP contribution < -0.4 is 0 Å². The molecule has 146 valence electrons. The number of rotatable bonds is 3. The molecular formula is C22H21F3N2O. The Bertz CT molecular complexity index is 964. The van der Waals surface area contributed by atoms with Gasteiger partial charge in [0, 0.05) is 37.1 Å². The zero-order valence-corrected chi connectivity index (χ0v) is 15.2. The number of benzene rings is 2. The fourth-order valence-corrected chi connectivity index (χ4v) is 3.94. The Morgan fingerprint density at radius 3 is 2.57 bits per heavy atom. The molecule has 0 saturated carbocycles. The van der Waals surface area contributed by atoms with Crippen molar-refractivity contribution < 1.29 is 18.3 Å². The molecule has 1 aliphatic rings. The summed E-state index contributed by atoms with van der Waals surface area (Å²) in [5.74, 6) is 0.199. The van der Waals surface area contributed by atoms with Gasteiger partial charge in [-0.1, -0.05) is 30.3 Å². The largest absolute Gasteiger partial charge is 0.508 e. The Morgan fingerprint density at radius 1 is 0.964 bits per heavy atom. The lowest BCUT2D eigenvalue weighted by Crippen LogP contribution is -2.29. The monoisotopic (exact) mass is 386 g/mol. The molecule has 0 aliphatic carbocycles. The number of phenols is 1. The van der Waals surface area contributed by atoms with Gasteiger partial charge in [-0.05, 0) is 42.3 Å². The number of para-hydroxylation sites is 1. The molecule has 1 aromatic heterocycles. The topological polar surface area (TPSA) is 28.4 Å². The van der Waals surface area contributed by atoms with Crippen molar-refractivity contribution in [2.24, 2.45) is 0 Å². The highest BCUT2D eigenvalue weighted by atomic mass is 19.4. The van der Waals surface area contributed by atoms with Crippen molar-refractivity contribution in [2.45, 2.75) is 31.7 Å². The lowest BCUT2D eigenvalue weighted by atomic mass is 9.98. The van der Waals surface area contributed by atoms with Crippen LogP contribution in [0.3, 0.4) is 0 Å². The van der Waals surface area contributed by atoms with Gasteiger partial charge in [0.15, 0.2) is 0 Å². The standard InChI is InChI=1S/C22H21F3N2O/c23-22(24,25)18-8-3-7-16(14-18)21-19-9-4-11-26(19)12-5-13-27(21)15-17-6-1-2-10-20(17)28/h1-4,6-11,14,21,28H,5,12-13,15H2. The van der Waals surface area contributed by atoms with E-state index in [1.54, 1.807) is 18.2 Å². The summed E-state index contributed by atoms with van der Waals surface area (Å²) >= 11 is 0. The number of aromatic nitrogens is 1. The molecule has 28 heavy (non-hydrogen) atoms. The van der Waals surface area contributed by atoms with Crippen molar-refractivity contribution in [2.75, 3.05) is 6.54 Å². The Kier molecular flexibility index (Phi) is 4.89. The SMILES string of the molecule is Oc1ccccc1CN1CCCn2cccc2C1c1cccc(C(F)(F)F)c1. The number of aromatic hydroxyl groups is 1. The van der Waals surface area contributed by atoms with Crippen LogP contribution >= 0.6 is 0 Å². The first-order valence-electron chi connectivity index (χ1n) is 9.26. The normalized spacial score (nSPS) is 17.9. The second-order valence-electron chi connectivity index (χ2n) is 7.10. The molecule has 0 spiro atoms. The van der Waals surface area contributed by atoms with Gasteiger partial charge in [0.25, 0.3) is 0 Å². The molecule has 1 aliphatic heterocycles. The van der Waals surface area contributed by atoms with Gasteiger partial charge in [0.05, 0.1) is 11.6 Å². The van der Waals surface area contributed by atoms with Crippen LogP contribution in [0, 0.1) is 0 Å². The lowest BCUT2D eigenvalue weighted by Gasteiger charge is -2.31. The summed E-state index contributed by atoms with van der Waals surface area (Å²) in [6, 6.07) is 16.2. The number of fused-ring (bicyclic) bond motifs is 1. The summed E-state index contributed by atoms with van der Waals surface area (Å²) in [6.45, 7) is 1.99. The zero-order valence-electron chi connectivity index (χ0n) is 15.2. The van der Waals surface area contributed by atoms with Crippen LogP contribution in [0.15, 0.2) is 66.9 Å². The number of alkyl halides is 3. The highest BCUT2D eigenvalue weighted by Crippen LogP contribution is 2.37.